The monoisotopic (exact) mass is 365 g/mol. The third-order valence-corrected chi connectivity index (χ3v) is 6.00. The lowest BCUT2D eigenvalue weighted by Gasteiger charge is -2.11. The SMILES string of the molecule is CSc1ccc2c(c1)c1cc(SC)ccc1n2-c1cc(C)ccc1O. The Morgan fingerprint density at radius 3 is 1.84 bits per heavy atom. The molecule has 0 aliphatic carbocycles. The number of phenolic OH excluding ortho intramolecular Hbond substituents is 1. The van der Waals surface area contributed by atoms with Gasteiger partial charge >= 0.3 is 0 Å². The molecule has 0 aliphatic heterocycles. The highest BCUT2D eigenvalue weighted by atomic mass is 32.2. The topological polar surface area (TPSA) is 25.2 Å². The smallest absolute Gasteiger partial charge is 0.139 e. The minimum Gasteiger partial charge on any atom is -0.506 e. The summed E-state index contributed by atoms with van der Waals surface area (Å²) in [5.74, 6) is 0.298. The van der Waals surface area contributed by atoms with Gasteiger partial charge in [-0.1, -0.05) is 6.07 Å². The number of rotatable bonds is 3. The number of fused-ring (bicyclic) bond motifs is 3. The van der Waals surface area contributed by atoms with Crippen molar-refractivity contribution in [2.24, 2.45) is 0 Å². The molecule has 0 unspecified atom stereocenters. The second-order valence-corrected chi connectivity index (χ2v) is 7.85. The predicted molar refractivity (Wildman–Crippen MR) is 111 cm³/mol. The Kier molecular flexibility index (Phi) is 4.18. The van der Waals surface area contributed by atoms with Crippen LogP contribution < -0.4 is 0 Å². The number of aromatic hydroxyl groups is 1. The van der Waals surface area contributed by atoms with Gasteiger partial charge in [0.05, 0.1) is 16.7 Å². The second kappa shape index (κ2) is 6.36. The van der Waals surface area contributed by atoms with E-state index in [9.17, 15) is 5.11 Å². The van der Waals surface area contributed by atoms with Gasteiger partial charge in [0.1, 0.15) is 5.75 Å². The standard InChI is InChI=1S/C21H19NOS2/c1-13-4-9-21(23)20(10-13)22-18-7-5-14(24-2)11-16(18)17-12-15(25-3)6-8-19(17)22/h4-12,23H,1-3H3. The highest BCUT2D eigenvalue weighted by Gasteiger charge is 2.15. The van der Waals surface area contributed by atoms with Crippen molar-refractivity contribution in [3.05, 3.63) is 60.2 Å². The van der Waals surface area contributed by atoms with Gasteiger partial charge < -0.3 is 9.67 Å². The van der Waals surface area contributed by atoms with Crippen molar-refractivity contribution in [3.63, 3.8) is 0 Å². The van der Waals surface area contributed by atoms with Crippen molar-refractivity contribution < 1.29 is 5.11 Å². The quantitative estimate of drug-likeness (QED) is 0.435. The van der Waals surface area contributed by atoms with E-state index in [0.29, 0.717) is 5.75 Å². The highest BCUT2D eigenvalue weighted by molar-refractivity contribution is 7.98. The number of phenols is 1. The molecule has 1 aromatic heterocycles. The summed E-state index contributed by atoms with van der Waals surface area (Å²) in [4.78, 5) is 2.49. The number of thioether (sulfide) groups is 2. The third-order valence-electron chi connectivity index (χ3n) is 4.55. The van der Waals surface area contributed by atoms with Crippen LogP contribution in [0, 0.1) is 6.92 Å². The summed E-state index contributed by atoms with van der Waals surface area (Å²) in [7, 11) is 0. The number of benzene rings is 3. The first kappa shape index (κ1) is 16.4. The molecule has 3 aromatic carbocycles. The summed E-state index contributed by atoms with van der Waals surface area (Å²) >= 11 is 3.50. The lowest BCUT2D eigenvalue weighted by atomic mass is 10.1. The van der Waals surface area contributed by atoms with Crippen LogP contribution in [0.1, 0.15) is 5.56 Å². The number of nitrogens with zero attached hydrogens (tertiary/aromatic N) is 1. The third kappa shape index (κ3) is 2.70. The molecule has 126 valence electrons. The first-order valence-electron chi connectivity index (χ1n) is 8.08. The van der Waals surface area contributed by atoms with Crippen molar-refractivity contribution in [2.45, 2.75) is 16.7 Å². The molecule has 1 heterocycles. The molecular weight excluding hydrogens is 346 g/mol. The molecule has 0 amide bonds. The van der Waals surface area contributed by atoms with E-state index in [0.717, 1.165) is 22.3 Å². The van der Waals surface area contributed by atoms with E-state index in [1.807, 2.05) is 12.1 Å². The summed E-state index contributed by atoms with van der Waals surface area (Å²) < 4.78 is 2.17. The Hall–Kier alpha value is -2.04. The van der Waals surface area contributed by atoms with Crippen molar-refractivity contribution in [3.8, 4) is 11.4 Å². The first-order chi connectivity index (χ1) is 12.1. The van der Waals surface area contributed by atoms with Crippen LogP contribution in [0.4, 0.5) is 0 Å². The fraction of sp³-hybridized carbons (Fsp3) is 0.143. The molecule has 0 atom stereocenters. The summed E-state index contributed by atoms with van der Waals surface area (Å²) in [5.41, 5.74) is 4.19. The molecule has 2 nitrogen and oxygen atoms in total. The molecular formula is C21H19NOS2. The molecule has 4 aromatic rings. The van der Waals surface area contributed by atoms with Crippen molar-refractivity contribution in [1.82, 2.24) is 4.57 Å². The first-order valence-corrected chi connectivity index (χ1v) is 10.5. The lowest BCUT2D eigenvalue weighted by Crippen LogP contribution is -1.95. The van der Waals surface area contributed by atoms with Crippen molar-refractivity contribution >= 4 is 45.3 Å². The number of aryl methyl sites for hydroxylation is 1. The summed E-state index contributed by atoms with van der Waals surface area (Å²) in [5, 5.41) is 12.9. The Balaban J connectivity index is 2.17. The highest BCUT2D eigenvalue weighted by Crippen LogP contribution is 2.38. The molecule has 4 rings (SSSR count). The van der Waals surface area contributed by atoms with Gasteiger partial charge in [-0.05, 0) is 73.5 Å². The molecule has 4 heteroatoms. The van der Waals surface area contributed by atoms with Gasteiger partial charge in [-0.3, -0.25) is 0 Å². The number of hydrogen-bond donors (Lipinski definition) is 1. The Morgan fingerprint density at radius 2 is 1.32 bits per heavy atom. The fourth-order valence-electron chi connectivity index (χ4n) is 3.31. The molecule has 0 spiro atoms. The summed E-state index contributed by atoms with van der Waals surface area (Å²) in [6.07, 6.45) is 4.19. The van der Waals surface area contributed by atoms with E-state index in [1.54, 1.807) is 29.6 Å². The maximum absolute atomic E-state index is 10.5. The van der Waals surface area contributed by atoms with Crippen molar-refractivity contribution in [1.29, 1.82) is 0 Å². The lowest BCUT2D eigenvalue weighted by molar-refractivity contribution is 0.473. The van der Waals surface area contributed by atoms with E-state index in [-0.39, 0.29) is 0 Å². The molecule has 0 saturated carbocycles. The predicted octanol–water partition coefficient (Wildman–Crippen LogP) is 6.24. The molecule has 0 aliphatic rings. The minimum atomic E-state index is 0.298. The van der Waals surface area contributed by atoms with E-state index in [1.165, 1.54) is 20.6 Å². The van der Waals surface area contributed by atoms with Crippen LogP contribution in [-0.2, 0) is 0 Å². The second-order valence-electron chi connectivity index (χ2n) is 6.09. The maximum atomic E-state index is 10.5. The molecule has 25 heavy (non-hydrogen) atoms. The number of aromatic nitrogens is 1. The van der Waals surface area contributed by atoms with E-state index in [4.69, 9.17) is 0 Å². The van der Waals surface area contributed by atoms with Gasteiger partial charge in [0.2, 0.25) is 0 Å². The zero-order valence-corrected chi connectivity index (χ0v) is 16.0. The van der Waals surface area contributed by atoms with Crippen molar-refractivity contribution in [2.75, 3.05) is 12.5 Å². The van der Waals surface area contributed by atoms with E-state index >= 15 is 0 Å². The van der Waals surface area contributed by atoms with Crippen LogP contribution in [0.25, 0.3) is 27.5 Å². The molecule has 0 radical (unpaired) electrons. The Morgan fingerprint density at radius 1 is 0.760 bits per heavy atom. The Labute approximate surface area is 155 Å². The minimum absolute atomic E-state index is 0.298. The van der Waals surface area contributed by atoms with Crippen LogP contribution in [0.15, 0.2) is 64.4 Å². The molecule has 0 saturated heterocycles. The number of hydrogen-bond acceptors (Lipinski definition) is 3. The molecule has 0 bridgehead atoms. The zero-order chi connectivity index (χ0) is 17.6. The van der Waals surface area contributed by atoms with Gasteiger partial charge in [0.15, 0.2) is 0 Å². The van der Waals surface area contributed by atoms with Gasteiger partial charge in [0, 0.05) is 20.6 Å². The van der Waals surface area contributed by atoms with E-state index < -0.39 is 0 Å². The van der Waals surface area contributed by atoms with Crippen LogP contribution in [0.2, 0.25) is 0 Å². The van der Waals surface area contributed by atoms with Crippen LogP contribution in [-0.4, -0.2) is 22.2 Å². The summed E-state index contributed by atoms with van der Waals surface area (Å²) in [6.45, 7) is 2.05. The van der Waals surface area contributed by atoms with Crippen LogP contribution in [0.5, 0.6) is 5.75 Å². The zero-order valence-electron chi connectivity index (χ0n) is 14.4. The van der Waals surface area contributed by atoms with Gasteiger partial charge in [-0.15, -0.1) is 23.5 Å². The van der Waals surface area contributed by atoms with Crippen LogP contribution >= 0.6 is 23.5 Å². The molecule has 1 N–H and O–H groups in total. The average Bonchev–Trinajstić information content (AvgIpc) is 2.96. The van der Waals surface area contributed by atoms with Gasteiger partial charge in [-0.2, -0.15) is 0 Å². The van der Waals surface area contributed by atoms with Gasteiger partial charge in [-0.25, -0.2) is 0 Å². The van der Waals surface area contributed by atoms with Gasteiger partial charge in [0.25, 0.3) is 0 Å². The summed E-state index contributed by atoms with van der Waals surface area (Å²) in [6, 6.07) is 18.8. The fourth-order valence-corrected chi connectivity index (χ4v) is 4.19. The maximum Gasteiger partial charge on any atom is 0.139 e. The molecule has 0 fully saturated rings. The largest absolute Gasteiger partial charge is 0.506 e. The van der Waals surface area contributed by atoms with E-state index in [2.05, 4.69) is 60.4 Å². The Bertz CT molecular complexity index is 1040. The average molecular weight is 366 g/mol. The van der Waals surface area contributed by atoms with Crippen LogP contribution in [0.3, 0.4) is 0 Å². The normalized spacial score (nSPS) is 11.5.